The minimum absolute atomic E-state index is 0.0772. The Morgan fingerprint density at radius 2 is 2.09 bits per heavy atom. The van der Waals surface area contributed by atoms with E-state index in [1.165, 1.54) is 6.07 Å². The molecule has 7 nitrogen and oxygen atoms in total. The number of rotatable bonds is 5. The number of ether oxygens (including phenoxy) is 1. The number of aromatic hydroxyl groups is 1. The molecule has 0 aliphatic heterocycles. The highest BCUT2D eigenvalue weighted by Crippen LogP contribution is 2.30. The zero-order chi connectivity index (χ0) is 17.0. The maximum Gasteiger partial charge on any atom is 0.271 e. The monoisotopic (exact) mass is 336 g/mol. The Kier molecular flexibility index (Phi) is 5.02. The number of phenolic OH excluding ortho intramolecular Hbond substituents is 1. The molecule has 2 N–H and O–H groups in total. The van der Waals surface area contributed by atoms with Gasteiger partial charge in [-0.05, 0) is 31.2 Å². The van der Waals surface area contributed by atoms with Crippen LogP contribution in [-0.2, 0) is 0 Å². The van der Waals surface area contributed by atoms with Crippen molar-refractivity contribution in [3.8, 4) is 11.5 Å². The van der Waals surface area contributed by atoms with E-state index in [0.29, 0.717) is 17.4 Å². The number of hydrogen-bond acceptors (Lipinski definition) is 5. The Balaban J connectivity index is 2.34. The first kappa shape index (κ1) is 16.6. The van der Waals surface area contributed by atoms with Gasteiger partial charge in [-0.2, -0.15) is 0 Å². The number of carbonyl (C=O) groups is 1. The Morgan fingerprint density at radius 3 is 2.74 bits per heavy atom. The van der Waals surface area contributed by atoms with Gasteiger partial charge in [0.15, 0.2) is 0 Å². The van der Waals surface area contributed by atoms with E-state index >= 15 is 0 Å². The molecule has 0 atom stereocenters. The third-order valence-electron chi connectivity index (χ3n) is 2.93. The van der Waals surface area contributed by atoms with Crippen molar-refractivity contribution >= 4 is 28.9 Å². The summed E-state index contributed by atoms with van der Waals surface area (Å²) in [6, 6.07) is 7.88. The van der Waals surface area contributed by atoms with Crippen LogP contribution in [0, 0.1) is 10.1 Å². The smallest absolute Gasteiger partial charge is 0.271 e. The lowest BCUT2D eigenvalue weighted by Crippen LogP contribution is -2.14. The van der Waals surface area contributed by atoms with Crippen LogP contribution < -0.4 is 10.1 Å². The van der Waals surface area contributed by atoms with Crippen LogP contribution in [0.4, 0.5) is 11.4 Å². The van der Waals surface area contributed by atoms with Gasteiger partial charge in [-0.1, -0.05) is 11.6 Å². The van der Waals surface area contributed by atoms with Crippen molar-refractivity contribution in [1.29, 1.82) is 0 Å². The Hall–Kier alpha value is -2.80. The molecule has 0 saturated carbocycles. The Labute approximate surface area is 136 Å². The summed E-state index contributed by atoms with van der Waals surface area (Å²) in [7, 11) is 0. The SMILES string of the molecule is CCOc1ccc(Cl)cc1C(=O)Nc1cc([N+](=O)[O-])ccc1O. The van der Waals surface area contributed by atoms with E-state index in [0.717, 1.165) is 18.2 Å². The molecular weight excluding hydrogens is 324 g/mol. The standard InChI is InChI=1S/C15H13ClN2O5/c1-2-23-14-6-3-9(16)7-11(14)15(20)17-12-8-10(18(21)22)4-5-13(12)19/h3-8,19H,2H2,1H3,(H,17,20). The van der Waals surface area contributed by atoms with E-state index in [4.69, 9.17) is 16.3 Å². The zero-order valence-corrected chi connectivity index (χ0v) is 12.8. The fourth-order valence-electron chi connectivity index (χ4n) is 1.89. The molecule has 0 aromatic heterocycles. The van der Waals surface area contributed by atoms with Gasteiger partial charge in [-0.25, -0.2) is 0 Å². The molecule has 2 aromatic rings. The molecule has 1 amide bonds. The second kappa shape index (κ2) is 6.97. The number of halogens is 1. The van der Waals surface area contributed by atoms with E-state index in [9.17, 15) is 20.0 Å². The van der Waals surface area contributed by atoms with Gasteiger partial charge < -0.3 is 15.2 Å². The lowest BCUT2D eigenvalue weighted by molar-refractivity contribution is -0.384. The summed E-state index contributed by atoms with van der Waals surface area (Å²) in [6.45, 7) is 2.12. The van der Waals surface area contributed by atoms with Crippen molar-refractivity contribution in [2.45, 2.75) is 6.92 Å². The lowest BCUT2D eigenvalue weighted by Gasteiger charge is -2.11. The second-order valence-corrected chi connectivity index (χ2v) is 4.92. The fraction of sp³-hybridized carbons (Fsp3) is 0.133. The van der Waals surface area contributed by atoms with Crippen molar-refractivity contribution in [2.75, 3.05) is 11.9 Å². The molecular formula is C15H13ClN2O5. The van der Waals surface area contributed by atoms with Gasteiger partial charge in [0, 0.05) is 17.2 Å². The average Bonchev–Trinajstić information content (AvgIpc) is 2.51. The normalized spacial score (nSPS) is 10.2. The number of nitrogens with one attached hydrogen (secondary N) is 1. The second-order valence-electron chi connectivity index (χ2n) is 4.49. The minimum Gasteiger partial charge on any atom is -0.506 e. The summed E-state index contributed by atoms with van der Waals surface area (Å²) in [5.74, 6) is -0.574. The minimum atomic E-state index is -0.625. The first-order chi connectivity index (χ1) is 10.9. The van der Waals surface area contributed by atoms with Gasteiger partial charge in [0.2, 0.25) is 0 Å². The number of phenols is 1. The maximum absolute atomic E-state index is 12.4. The summed E-state index contributed by atoms with van der Waals surface area (Å²) in [4.78, 5) is 22.5. The largest absolute Gasteiger partial charge is 0.506 e. The van der Waals surface area contributed by atoms with E-state index in [-0.39, 0.29) is 22.7 Å². The third-order valence-corrected chi connectivity index (χ3v) is 3.16. The number of nitrogens with zero attached hydrogens (tertiary/aromatic N) is 1. The number of nitro groups is 1. The highest BCUT2D eigenvalue weighted by molar-refractivity contribution is 6.31. The summed E-state index contributed by atoms with van der Waals surface area (Å²) < 4.78 is 5.35. The van der Waals surface area contributed by atoms with Crippen LogP contribution in [0.1, 0.15) is 17.3 Å². The van der Waals surface area contributed by atoms with Crippen LogP contribution in [0.5, 0.6) is 11.5 Å². The summed E-state index contributed by atoms with van der Waals surface area (Å²) in [6.07, 6.45) is 0. The van der Waals surface area contributed by atoms with Crippen LogP contribution in [0.2, 0.25) is 5.02 Å². The van der Waals surface area contributed by atoms with Gasteiger partial charge in [0.1, 0.15) is 11.5 Å². The van der Waals surface area contributed by atoms with E-state index in [2.05, 4.69) is 5.32 Å². The fourth-order valence-corrected chi connectivity index (χ4v) is 2.06. The summed E-state index contributed by atoms with van der Waals surface area (Å²) in [5.41, 5.74) is -0.175. The maximum atomic E-state index is 12.4. The van der Waals surface area contributed by atoms with E-state index < -0.39 is 10.8 Å². The van der Waals surface area contributed by atoms with Gasteiger partial charge >= 0.3 is 0 Å². The first-order valence-electron chi connectivity index (χ1n) is 6.63. The number of amides is 1. The number of hydrogen-bond donors (Lipinski definition) is 2. The van der Waals surface area contributed by atoms with Gasteiger partial charge in [0.05, 0.1) is 22.8 Å². The van der Waals surface area contributed by atoms with Crippen LogP contribution in [0.25, 0.3) is 0 Å². The predicted octanol–water partition coefficient (Wildman–Crippen LogP) is 3.60. The number of benzene rings is 2. The van der Waals surface area contributed by atoms with Crippen molar-refractivity contribution in [3.63, 3.8) is 0 Å². The average molecular weight is 337 g/mol. The quantitative estimate of drug-likeness (QED) is 0.493. The molecule has 0 unspecified atom stereocenters. The summed E-state index contributed by atoms with van der Waals surface area (Å²) in [5, 5.41) is 23.3. The third kappa shape index (κ3) is 3.89. The molecule has 2 aromatic carbocycles. The molecule has 120 valence electrons. The molecule has 0 aliphatic rings. The van der Waals surface area contributed by atoms with Crippen molar-refractivity contribution < 1.29 is 19.6 Å². The highest BCUT2D eigenvalue weighted by atomic mass is 35.5. The molecule has 23 heavy (non-hydrogen) atoms. The van der Waals surface area contributed by atoms with Crippen LogP contribution in [-0.4, -0.2) is 22.5 Å². The topological polar surface area (TPSA) is 102 Å². The molecule has 0 radical (unpaired) electrons. The summed E-state index contributed by atoms with van der Waals surface area (Å²) >= 11 is 5.89. The van der Waals surface area contributed by atoms with Crippen LogP contribution >= 0.6 is 11.6 Å². The van der Waals surface area contributed by atoms with E-state index in [1.807, 2.05) is 0 Å². The van der Waals surface area contributed by atoms with Crippen LogP contribution in [0.3, 0.4) is 0 Å². The number of carbonyl (C=O) groups excluding carboxylic acids is 1. The molecule has 2 rings (SSSR count). The molecule has 0 aliphatic carbocycles. The number of nitro benzene ring substituents is 1. The van der Waals surface area contributed by atoms with Gasteiger partial charge in [-0.15, -0.1) is 0 Å². The van der Waals surface area contributed by atoms with Gasteiger partial charge in [-0.3, -0.25) is 14.9 Å². The Morgan fingerprint density at radius 1 is 1.35 bits per heavy atom. The molecule has 0 bridgehead atoms. The van der Waals surface area contributed by atoms with Crippen molar-refractivity contribution in [1.82, 2.24) is 0 Å². The predicted molar refractivity (Wildman–Crippen MR) is 85.3 cm³/mol. The molecule has 0 saturated heterocycles. The van der Waals surface area contributed by atoms with Gasteiger partial charge in [0.25, 0.3) is 11.6 Å². The highest BCUT2D eigenvalue weighted by Gasteiger charge is 2.17. The molecule has 0 heterocycles. The number of non-ortho nitro benzene ring substituents is 1. The van der Waals surface area contributed by atoms with Crippen molar-refractivity contribution in [2.24, 2.45) is 0 Å². The number of anilines is 1. The molecule has 8 heteroatoms. The Bertz CT molecular complexity index is 764. The van der Waals surface area contributed by atoms with Crippen molar-refractivity contribution in [3.05, 3.63) is 57.1 Å². The lowest BCUT2D eigenvalue weighted by atomic mass is 10.1. The first-order valence-corrected chi connectivity index (χ1v) is 7.01. The van der Waals surface area contributed by atoms with Crippen LogP contribution in [0.15, 0.2) is 36.4 Å². The molecule has 0 fully saturated rings. The molecule has 0 spiro atoms. The zero-order valence-electron chi connectivity index (χ0n) is 12.1. The van der Waals surface area contributed by atoms with E-state index in [1.54, 1.807) is 19.1 Å².